The Morgan fingerprint density at radius 1 is 1.05 bits per heavy atom. The third kappa shape index (κ3) is 5.95. The van der Waals surface area contributed by atoms with Crippen LogP contribution in [0.25, 0.3) is 6.08 Å². The predicted molar refractivity (Wildman–Crippen MR) is 134 cm³/mol. The van der Waals surface area contributed by atoms with Gasteiger partial charge in [-0.3, -0.25) is 9.59 Å². The molecule has 1 aliphatic heterocycles. The third-order valence-electron chi connectivity index (χ3n) is 5.48. The number of rotatable bonds is 9. The van der Waals surface area contributed by atoms with Crippen molar-refractivity contribution in [3.63, 3.8) is 0 Å². The number of carboxylic acids is 1. The Kier molecular flexibility index (Phi) is 7.66. The Labute approximate surface area is 216 Å². The highest BCUT2D eigenvalue weighted by Crippen LogP contribution is 2.30. The maximum absolute atomic E-state index is 13.8. The topological polar surface area (TPSA) is 134 Å². The molecule has 0 spiro atoms. The van der Waals surface area contributed by atoms with E-state index in [0.717, 1.165) is 0 Å². The van der Waals surface area contributed by atoms with Crippen molar-refractivity contribution in [1.29, 1.82) is 0 Å². The van der Waals surface area contributed by atoms with Gasteiger partial charge in [-0.15, -0.1) is 0 Å². The number of carboxylic acid groups (broad SMARTS) is 1. The van der Waals surface area contributed by atoms with E-state index in [4.69, 9.17) is 14.6 Å². The number of halogens is 1. The number of urea groups is 1. The minimum Gasteiger partial charge on any atom is -0.493 e. The molecule has 0 atom stereocenters. The molecule has 3 N–H and O–H groups in total. The molecular formula is C27H22FN3O7. The van der Waals surface area contributed by atoms with Gasteiger partial charge in [0.25, 0.3) is 5.91 Å². The molecule has 0 aliphatic carbocycles. The van der Waals surface area contributed by atoms with Crippen molar-refractivity contribution in [2.75, 3.05) is 19.0 Å². The van der Waals surface area contributed by atoms with Crippen molar-refractivity contribution in [2.45, 2.75) is 6.61 Å². The van der Waals surface area contributed by atoms with Gasteiger partial charge in [0.15, 0.2) is 11.5 Å². The van der Waals surface area contributed by atoms with Crippen molar-refractivity contribution < 1.29 is 38.1 Å². The van der Waals surface area contributed by atoms with Crippen LogP contribution in [0.15, 0.2) is 72.4 Å². The van der Waals surface area contributed by atoms with E-state index in [1.807, 2.05) is 0 Å². The highest BCUT2D eigenvalue weighted by atomic mass is 19.1. The van der Waals surface area contributed by atoms with Gasteiger partial charge in [0.1, 0.15) is 24.7 Å². The summed E-state index contributed by atoms with van der Waals surface area (Å²) >= 11 is 0. The van der Waals surface area contributed by atoms with Crippen molar-refractivity contribution in [3.05, 3.63) is 94.9 Å². The van der Waals surface area contributed by atoms with Gasteiger partial charge in [-0.25, -0.2) is 18.9 Å². The first-order valence-electron chi connectivity index (χ1n) is 11.3. The van der Waals surface area contributed by atoms with Crippen LogP contribution in [0.4, 0.5) is 14.9 Å². The van der Waals surface area contributed by atoms with E-state index in [-0.39, 0.29) is 23.6 Å². The van der Waals surface area contributed by atoms with E-state index < -0.39 is 36.2 Å². The van der Waals surface area contributed by atoms with Crippen LogP contribution in [0.5, 0.6) is 11.5 Å². The molecule has 1 aliphatic rings. The average Bonchev–Trinajstić information content (AvgIpc) is 3.16. The fraction of sp³-hybridized carbons (Fsp3) is 0.111. The Morgan fingerprint density at radius 2 is 1.84 bits per heavy atom. The van der Waals surface area contributed by atoms with Gasteiger partial charge in [0, 0.05) is 0 Å². The van der Waals surface area contributed by atoms with Gasteiger partial charge in [-0.2, -0.15) is 0 Å². The fourth-order valence-corrected chi connectivity index (χ4v) is 3.63. The minimum atomic E-state index is -1.04. The number of hydrogen-bond acceptors (Lipinski definition) is 6. The molecule has 0 bridgehead atoms. The Bertz CT molecular complexity index is 1450. The molecule has 3 aromatic carbocycles. The summed E-state index contributed by atoms with van der Waals surface area (Å²) in [6.45, 7) is -0.508. The van der Waals surface area contributed by atoms with E-state index in [1.54, 1.807) is 30.3 Å². The lowest BCUT2D eigenvalue weighted by molar-refractivity contribution is -0.127. The molecular weight excluding hydrogens is 497 g/mol. The molecule has 1 fully saturated rings. The monoisotopic (exact) mass is 519 g/mol. The first kappa shape index (κ1) is 25.9. The lowest BCUT2D eigenvalue weighted by Crippen LogP contribution is -2.38. The van der Waals surface area contributed by atoms with Crippen molar-refractivity contribution in [1.82, 2.24) is 10.2 Å². The summed E-state index contributed by atoms with van der Waals surface area (Å²) in [6.07, 6.45) is 1.41. The van der Waals surface area contributed by atoms with Crippen molar-refractivity contribution in [3.8, 4) is 11.5 Å². The zero-order valence-corrected chi connectivity index (χ0v) is 20.1. The number of carbonyl (C=O) groups is 4. The molecule has 11 heteroatoms. The number of carbonyl (C=O) groups excluding carboxylic acids is 3. The van der Waals surface area contributed by atoms with Crippen LogP contribution < -0.4 is 20.1 Å². The molecule has 1 saturated heterocycles. The summed E-state index contributed by atoms with van der Waals surface area (Å²) in [5, 5.41) is 13.9. The van der Waals surface area contributed by atoms with Crippen LogP contribution in [0.2, 0.25) is 0 Å². The van der Waals surface area contributed by atoms with E-state index in [9.17, 15) is 23.6 Å². The highest BCUT2D eigenvalue weighted by molar-refractivity contribution is 6.16. The third-order valence-corrected chi connectivity index (χ3v) is 5.48. The molecule has 4 rings (SSSR count). The first-order valence-corrected chi connectivity index (χ1v) is 11.3. The number of methoxy groups -OCH3 is 1. The largest absolute Gasteiger partial charge is 0.493 e. The molecule has 0 radical (unpaired) electrons. The van der Waals surface area contributed by atoms with E-state index >= 15 is 0 Å². The second kappa shape index (κ2) is 11.2. The maximum Gasteiger partial charge on any atom is 0.335 e. The molecule has 38 heavy (non-hydrogen) atoms. The Morgan fingerprint density at radius 3 is 2.58 bits per heavy atom. The van der Waals surface area contributed by atoms with Crippen LogP contribution in [0.3, 0.4) is 0 Å². The number of nitrogens with zero attached hydrogens (tertiary/aromatic N) is 1. The number of imide groups is 1. The molecule has 10 nitrogen and oxygen atoms in total. The Hall–Kier alpha value is -5.19. The number of amides is 4. The van der Waals surface area contributed by atoms with Crippen molar-refractivity contribution >= 4 is 35.6 Å². The molecule has 4 amide bonds. The summed E-state index contributed by atoms with van der Waals surface area (Å²) in [5.74, 6) is -2.43. The normalized spacial score (nSPS) is 13.8. The minimum absolute atomic E-state index is 0.0603. The van der Waals surface area contributed by atoms with Gasteiger partial charge >= 0.3 is 12.0 Å². The molecule has 3 aromatic rings. The van der Waals surface area contributed by atoms with E-state index in [0.29, 0.717) is 27.5 Å². The number of ether oxygens (including phenoxy) is 2. The number of para-hydroxylation sites is 1. The van der Waals surface area contributed by atoms with Gasteiger partial charge in [0.2, 0.25) is 5.91 Å². The van der Waals surface area contributed by atoms with Gasteiger partial charge < -0.3 is 25.2 Å². The Balaban J connectivity index is 1.43. The number of hydrogen-bond donors (Lipinski definition) is 3. The van der Waals surface area contributed by atoms with Crippen LogP contribution in [0.1, 0.15) is 21.5 Å². The summed E-state index contributed by atoms with van der Waals surface area (Å²) < 4.78 is 24.9. The summed E-state index contributed by atoms with van der Waals surface area (Å²) in [7, 11) is 1.43. The van der Waals surface area contributed by atoms with E-state index in [1.165, 1.54) is 49.6 Å². The molecule has 0 unspecified atom stereocenters. The SMILES string of the molecule is COc1cc(/C=C2\NC(=O)N(CC(=O)Nc3ccccc3F)C2=O)ccc1OCc1cccc(C(=O)O)c1. The molecule has 0 saturated carbocycles. The highest BCUT2D eigenvalue weighted by Gasteiger charge is 2.35. The van der Waals surface area contributed by atoms with Crippen LogP contribution in [-0.2, 0) is 16.2 Å². The van der Waals surface area contributed by atoms with Crippen LogP contribution in [-0.4, -0.2) is 47.5 Å². The maximum atomic E-state index is 13.8. The van der Waals surface area contributed by atoms with Crippen LogP contribution >= 0.6 is 0 Å². The molecule has 0 aromatic heterocycles. The first-order chi connectivity index (χ1) is 18.2. The zero-order valence-electron chi connectivity index (χ0n) is 20.1. The zero-order chi connectivity index (χ0) is 27.2. The van der Waals surface area contributed by atoms with Crippen LogP contribution in [0, 0.1) is 5.82 Å². The molecule has 194 valence electrons. The summed E-state index contributed by atoms with van der Waals surface area (Å²) in [5.41, 5.74) is 1.17. The van der Waals surface area contributed by atoms with Gasteiger partial charge in [0.05, 0.1) is 18.4 Å². The standard InChI is InChI=1S/C27H22FN3O7/c1-37-23-13-16(9-10-22(23)38-15-17-5-4-6-18(11-17)26(34)35)12-21-25(33)31(27(36)30-21)14-24(32)29-20-8-3-2-7-19(20)28/h2-13H,14-15H2,1H3,(H,29,32)(H,30,36)(H,34,35)/b21-12-. The van der Waals surface area contributed by atoms with Crippen molar-refractivity contribution in [2.24, 2.45) is 0 Å². The number of anilines is 1. The second-order valence-electron chi connectivity index (χ2n) is 8.11. The molecule has 1 heterocycles. The number of nitrogens with one attached hydrogen (secondary N) is 2. The quantitative estimate of drug-likeness (QED) is 0.290. The average molecular weight is 519 g/mol. The predicted octanol–water partition coefficient (Wildman–Crippen LogP) is 3.64. The number of aromatic carboxylic acids is 1. The van der Waals surface area contributed by atoms with E-state index in [2.05, 4.69) is 10.6 Å². The smallest absolute Gasteiger partial charge is 0.335 e. The summed E-state index contributed by atoms with van der Waals surface area (Å²) in [4.78, 5) is 49.2. The second-order valence-corrected chi connectivity index (χ2v) is 8.11. The lowest BCUT2D eigenvalue weighted by Gasteiger charge is -2.12. The lowest BCUT2D eigenvalue weighted by atomic mass is 10.1. The fourth-order valence-electron chi connectivity index (χ4n) is 3.63. The van der Waals surface area contributed by atoms with Gasteiger partial charge in [-0.05, 0) is 53.6 Å². The summed E-state index contributed by atoms with van der Waals surface area (Å²) in [6, 6.07) is 15.9. The van der Waals surface area contributed by atoms with Gasteiger partial charge in [-0.1, -0.05) is 30.3 Å². The number of benzene rings is 3.